The summed E-state index contributed by atoms with van der Waals surface area (Å²) in [6, 6.07) is 1.98. The number of hydrogen-bond acceptors (Lipinski definition) is 9. The van der Waals surface area contributed by atoms with Gasteiger partial charge in [-0.25, -0.2) is 24.4 Å². The molecule has 170 valence electrons. The predicted octanol–water partition coefficient (Wildman–Crippen LogP) is 4.42. The molecule has 0 saturated carbocycles. The number of thiazole rings is 1. The molecular weight excluding hydrogens is 456 g/mol. The van der Waals surface area contributed by atoms with E-state index < -0.39 is 5.97 Å². The van der Waals surface area contributed by atoms with Gasteiger partial charge in [0.2, 0.25) is 0 Å². The maximum absolute atomic E-state index is 12.5. The first-order valence-electron chi connectivity index (χ1n) is 10.2. The summed E-state index contributed by atoms with van der Waals surface area (Å²) in [5, 5.41) is 7.99. The number of aromatic nitrogens is 3. The molecule has 33 heavy (non-hydrogen) atoms. The molecule has 10 heteroatoms. The van der Waals surface area contributed by atoms with E-state index in [1.807, 2.05) is 57.2 Å². The molecule has 0 N–H and O–H groups in total. The highest BCUT2D eigenvalue weighted by molar-refractivity contribution is 8.07. The van der Waals surface area contributed by atoms with E-state index in [1.165, 1.54) is 18.4 Å². The minimum atomic E-state index is -0.395. The minimum absolute atomic E-state index is 0.395. The average molecular weight is 481 g/mol. The molecule has 0 amide bonds. The van der Waals surface area contributed by atoms with Gasteiger partial charge in [-0.05, 0) is 45.9 Å². The number of carbonyl (C=O) groups excluding carboxylic acids is 1. The molecule has 2 aliphatic heterocycles. The Morgan fingerprint density at radius 3 is 2.55 bits per heavy atom. The van der Waals surface area contributed by atoms with Crippen molar-refractivity contribution < 1.29 is 9.53 Å². The molecule has 2 aliphatic rings. The zero-order chi connectivity index (χ0) is 23.7. The van der Waals surface area contributed by atoms with Gasteiger partial charge in [-0.3, -0.25) is 0 Å². The summed E-state index contributed by atoms with van der Waals surface area (Å²) in [5.74, 6) is 0.0899. The number of carbonyl (C=O) groups is 1. The van der Waals surface area contributed by atoms with E-state index in [0.717, 1.165) is 32.0 Å². The molecule has 0 radical (unpaired) electrons. The van der Waals surface area contributed by atoms with Gasteiger partial charge in [0.25, 0.3) is 5.96 Å². The number of hydrogen-bond donors (Lipinski definition) is 0. The largest absolute Gasteiger partial charge is 0.465 e. The van der Waals surface area contributed by atoms with Crippen LogP contribution in [-0.2, 0) is 9.53 Å². The van der Waals surface area contributed by atoms with Crippen LogP contribution < -0.4 is 0 Å². The van der Waals surface area contributed by atoms with Crippen LogP contribution in [0.4, 0.5) is 0 Å². The zero-order valence-electron chi connectivity index (χ0n) is 19.3. The van der Waals surface area contributed by atoms with Crippen molar-refractivity contribution >= 4 is 40.7 Å². The quantitative estimate of drug-likeness (QED) is 0.476. The summed E-state index contributed by atoms with van der Waals surface area (Å²) in [6.07, 6.45) is 7.11. The lowest BCUT2D eigenvalue weighted by molar-refractivity contribution is -0.135. The van der Waals surface area contributed by atoms with Crippen molar-refractivity contribution in [3.8, 4) is 0 Å². The molecule has 0 bridgehead atoms. The van der Waals surface area contributed by atoms with Crippen LogP contribution >= 0.6 is 23.1 Å². The first kappa shape index (κ1) is 22.9. The molecule has 0 aromatic carbocycles. The Labute approximate surface area is 200 Å². The van der Waals surface area contributed by atoms with Gasteiger partial charge >= 0.3 is 5.97 Å². The Kier molecular flexibility index (Phi) is 6.48. The first-order valence-corrected chi connectivity index (χ1v) is 11.9. The maximum Gasteiger partial charge on any atom is 0.340 e. The standard InChI is InChI=1S/C23H24N6O2S2/c1-13-12-14(2)29(27-13)23-25-18(19(26-23)20-24-10-11-32-20)9-7-8-17(22(30)31-6)21-28(5)15(3)16(4)33-21/h7-12H,1-6H3/b8-7+,18-9-,21-17-. The number of thioether (sulfide) groups is 1. The van der Waals surface area contributed by atoms with Crippen molar-refractivity contribution in [1.82, 2.24) is 19.7 Å². The van der Waals surface area contributed by atoms with E-state index in [4.69, 9.17) is 14.7 Å². The summed E-state index contributed by atoms with van der Waals surface area (Å²) >= 11 is 3.05. The Morgan fingerprint density at radius 1 is 1.18 bits per heavy atom. The SMILES string of the molecule is COC(=O)C(/C=C/C=C1\N=C(n2nc(C)cc2C)N=C1c1nccs1)=C1\SC(C)=C(C)N1C. The number of nitrogens with zero attached hydrogens (tertiary/aromatic N) is 6. The number of aliphatic imine (C=N–C) groups is 2. The van der Waals surface area contributed by atoms with Crippen molar-refractivity contribution in [1.29, 1.82) is 0 Å². The topological polar surface area (TPSA) is 85.0 Å². The molecule has 0 fully saturated rings. The van der Waals surface area contributed by atoms with Crippen LogP contribution in [0.25, 0.3) is 0 Å². The first-order chi connectivity index (χ1) is 15.8. The van der Waals surface area contributed by atoms with Gasteiger partial charge in [-0.1, -0.05) is 17.8 Å². The fourth-order valence-corrected chi connectivity index (χ4v) is 5.11. The number of rotatable bonds is 4. The number of methoxy groups -OCH3 is 1. The second-order valence-electron chi connectivity index (χ2n) is 7.47. The van der Waals surface area contributed by atoms with Crippen LogP contribution in [0, 0.1) is 13.8 Å². The van der Waals surface area contributed by atoms with E-state index in [2.05, 4.69) is 10.1 Å². The summed E-state index contributed by atoms with van der Waals surface area (Å²) in [4.78, 5) is 29.5. The number of ether oxygens (including phenoxy) is 1. The van der Waals surface area contributed by atoms with Gasteiger partial charge in [0.05, 0.1) is 29.1 Å². The van der Waals surface area contributed by atoms with E-state index in [0.29, 0.717) is 22.9 Å². The molecule has 4 rings (SSSR count). The fourth-order valence-electron chi connectivity index (χ4n) is 3.37. The van der Waals surface area contributed by atoms with Crippen LogP contribution in [-0.4, -0.2) is 51.5 Å². The van der Waals surface area contributed by atoms with Crippen LogP contribution in [0.3, 0.4) is 0 Å². The maximum atomic E-state index is 12.5. The third-order valence-electron chi connectivity index (χ3n) is 5.23. The summed E-state index contributed by atoms with van der Waals surface area (Å²) in [5.41, 5.74) is 4.75. The van der Waals surface area contributed by atoms with Crippen LogP contribution in [0.1, 0.15) is 30.2 Å². The van der Waals surface area contributed by atoms with Gasteiger partial charge in [0.1, 0.15) is 10.7 Å². The molecule has 0 aliphatic carbocycles. The smallest absolute Gasteiger partial charge is 0.340 e. The molecule has 0 spiro atoms. The number of aryl methyl sites for hydroxylation is 2. The highest BCUT2D eigenvalue weighted by Crippen LogP contribution is 2.41. The lowest BCUT2D eigenvalue weighted by Gasteiger charge is -2.16. The Hall–Kier alpha value is -3.24. The molecule has 0 unspecified atom stereocenters. The lowest BCUT2D eigenvalue weighted by Crippen LogP contribution is -2.15. The van der Waals surface area contributed by atoms with Crippen LogP contribution in [0.5, 0.6) is 0 Å². The van der Waals surface area contributed by atoms with Gasteiger partial charge in [-0.2, -0.15) is 5.10 Å². The number of esters is 1. The number of allylic oxidation sites excluding steroid dienone is 5. The Bertz CT molecular complexity index is 1290. The summed E-state index contributed by atoms with van der Waals surface area (Å²) < 4.78 is 6.76. The Morgan fingerprint density at radius 2 is 1.97 bits per heavy atom. The van der Waals surface area contributed by atoms with E-state index in [1.54, 1.807) is 34.8 Å². The second-order valence-corrected chi connectivity index (χ2v) is 9.57. The van der Waals surface area contributed by atoms with Crippen LogP contribution in [0.2, 0.25) is 0 Å². The summed E-state index contributed by atoms with van der Waals surface area (Å²) in [6.45, 7) is 7.96. The van der Waals surface area contributed by atoms with Gasteiger partial charge < -0.3 is 9.64 Å². The minimum Gasteiger partial charge on any atom is -0.465 e. The second kappa shape index (κ2) is 9.32. The van der Waals surface area contributed by atoms with Crippen molar-refractivity contribution in [3.63, 3.8) is 0 Å². The van der Waals surface area contributed by atoms with Gasteiger partial charge in [-0.15, -0.1) is 11.3 Å². The van der Waals surface area contributed by atoms with Gasteiger partial charge in [0, 0.05) is 34.9 Å². The normalized spacial score (nSPS) is 19.1. The third-order valence-corrected chi connectivity index (χ3v) is 7.30. The molecule has 0 saturated heterocycles. The molecule has 2 aromatic heterocycles. The lowest BCUT2D eigenvalue weighted by atomic mass is 10.2. The average Bonchev–Trinajstić information content (AvgIpc) is 3.56. The Balaban J connectivity index is 1.72. The molecule has 8 nitrogen and oxygen atoms in total. The highest BCUT2D eigenvalue weighted by Gasteiger charge is 2.26. The molecule has 0 atom stereocenters. The predicted molar refractivity (Wildman–Crippen MR) is 133 cm³/mol. The fraction of sp³-hybridized carbons (Fsp3) is 0.261. The summed E-state index contributed by atoms with van der Waals surface area (Å²) in [7, 11) is 3.33. The van der Waals surface area contributed by atoms with Crippen LogP contribution in [0.15, 0.2) is 72.8 Å². The molecule has 2 aromatic rings. The van der Waals surface area contributed by atoms with E-state index in [9.17, 15) is 4.79 Å². The van der Waals surface area contributed by atoms with Crippen molar-refractivity contribution in [2.24, 2.45) is 9.98 Å². The van der Waals surface area contributed by atoms with Crippen molar-refractivity contribution in [2.75, 3.05) is 14.2 Å². The monoisotopic (exact) mass is 480 g/mol. The van der Waals surface area contributed by atoms with Crippen molar-refractivity contribution in [3.05, 3.63) is 79.2 Å². The zero-order valence-corrected chi connectivity index (χ0v) is 20.9. The van der Waals surface area contributed by atoms with Gasteiger partial charge in [0.15, 0.2) is 0 Å². The third kappa shape index (κ3) is 4.49. The van der Waals surface area contributed by atoms with E-state index >= 15 is 0 Å². The highest BCUT2D eigenvalue weighted by atomic mass is 32.2. The molecule has 4 heterocycles. The molecular formula is C23H24N6O2S2. The van der Waals surface area contributed by atoms with Crippen molar-refractivity contribution in [2.45, 2.75) is 27.7 Å². The van der Waals surface area contributed by atoms with E-state index in [-0.39, 0.29) is 0 Å².